The van der Waals surface area contributed by atoms with Gasteiger partial charge in [-0.1, -0.05) is 20.8 Å². The largest absolute Gasteiger partial charge is 0.247 e. The molecule has 0 saturated heterocycles. The molecule has 0 radical (unpaired) electrons. The molecule has 0 nitrogen and oxygen atoms in total. The van der Waals surface area contributed by atoms with Gasteiger partial charge in [-0.25, -0.2) is 8.78 Å². The van der Waals surface area contributed by atoms with E-state index in [1.54, 1.807) is 6.92 Å². The van der Waals surface area contributed by atoms with Gasteiger partial charge in [0.2, 0.25) is 0 Å². The standard InChI is InChI=1S/C16H28F2/c1-10(2)12-4-6-13(7-5-12)14-8-15(17)11(3)16(18)9-14/h10-16H,4-9H2,1-3H3. The van der Waals surface area contributed by atoms with Gasteiger partial charge >= 0.3 is 0 Å². The number of halogens is 2. The highest BCUT2D eigenvalue weighted by atomic mass is 19.1. The van der Waals surface area contributed by atoms with Crippen LogP contribution in [0.3, 0.4) is 0 Å². The lowest BCUT2D eigenvalue weighted by Gasteiger charge is -2.40. The highest BCUT2D eigenvalue weighted by Gasteiger charge is 2.39. The second kappa shape index (κ2) is 5.88. The molecule has 0 aromatic heterocycles. The fourth-order valence-corrected chi connectivity index (χ4v) is 4.00. The van der Waals surface area contributed by atoms with E-state index >= 15 is 0 Å². The number of rotatable bonds is 2. The quantitative estimate of drug-likeness (QED) is 0.641. The second-order valence-corrected chi connectivity index (χ2v) is 7.04. The number of hydrogen-bond donors (Lipinski definition) is 0. The van der Waals surface area contributed by atoms with Crippen LogP contribution in [0.5, 0.6) is 0 Å². The first-order valence-corrected chi connectivity index (χ1v) is 7.77. The van der Waals surface area contributed by atoms with Gasteiger partial charge in [0.05, 0.1) is 0 Å². The molecule has 0 N–H and O–H groups in total. The fraction of sp³-hybridized carbons (Fsp3) is 1.00. The third-order valence-electron chi connectivity index (χ3n) is 5.62. The lowest BCUT2D eigenvalue weighted by Crippen LogP contribution is -2.37. The third kappa shape index (κ3) is 3.05. The van der Waals surface area contributed by atoms with Gasteiger partial charge in [0.1, 0.15) is 12.3 Å². The molecule has 2 atom stereocenters. The summed E-state index contributed by atoms with van der Waals surface area (Å²) in [5.41, 5.74) is 0. The zero-order valence-electron chi connectivity index (χ0n) is 12.0. The molecule has 0 aromatic rings. The van der Waals surface area contributed by atoms with Crippen LogP contribution >= 0.6 is 0 Å². The van der Waals surface area contributed by atoms with E-state index in [9.17, 15) is 8.78 Å². The lowest BCUT2D eigenvalue weighted by molar-refractivity contribution is 0.0212. The first-order valence-electron chi connectivity index (χ1n) is 7.77. The molecular weight excluding hydrogens is 230 g/mol. The second-order valence-electron chi connectivity index (χ2n) is 7.04. The van der Waals surface area contributed by atoms with Crippen LogP contribution in [0, 0.1) is 29.6 Å². The van der Waals surface area contributed by atoms with Crippen LogP contribution in [0.1, 0.15) is 59.3 Å². The van der Waals surface area contributed by atoms with Crippen molar-refractivity contribution in [3.8, 4) is 0 Å². The summed E-state index contributed by atoms with van der Waals surface area (Å²) < 4.78 is 27.6. The van der Waals surface area contributed by atoms with E-state index in [0.29, 0.717) is 24.7 Å². The van der Waals surface area contributed by atoms with Crippen LogP contribution in [-0.4, -0.2) is 12.3 Å². The smallest absolute Gasteiger partial charge is 0.106 e. The molecular formula is C16H28F2. The third-order valence-corrected chi connectivity index (χ3v) is 5.62. The van der Waals surface area contributed by atoms with E-state index in [-0.39, 0.29) is 5.92 Å². The van der Waals surface area contributed by atoms with E-state index in [4.69, 9.17) is 0 Å². The van der Waals surface area contributed by atoms with E-state index in [0.717, 1.165) is 11.8 Å². The van der Waals surface area contributed by atoms with Crippen LogP contribution in [0.2, 0.25) is 0 Å². The maximum absolute atomic E-state index is 13.8. The monoisotopic (exact) mass is 258 g/mol. The van der Waals surface area contributed by atoms with E-state index in [1.807, 2.05) is 0 Å². The van der Waals surface area contributed by atoms with Gasteiger partial charge in [0.25, 0.3) is 0 Å². The zero-order chi connectivity index (χ0) is 13.3. The molecule has 0 aromatic carbocycles. The Balaban J connectivity index is 1.86. The Hall–Kier alpha value is -0.140. The summed E-state index contributed by atoms with van der Waals surface area (Å²) in [4.78, 5) is 0. The number of alkyl halides is 2. The van der Waals surface area contributed by atoms with Crippen molar-refractivity contribution in [3.05, 3.63) is 0 Å². The Morgan fingerprint density at radius 3 is 1.78 bits per heavy atom. The molecule has 2 unspecified atom stereocenters. The molecule has 2 rings (SSSR count). The van der Waals surface area contributed by atoms with Crippen molar-refractivity contribution in [1.29, 1.82) is 0 Å². The molecule has 0 heterocycles. The van der Waals surface area contributed by atoms with Gasteiger partial charge in [-0.15, -0.1) is 0 Å². The zero-order valence-corrected chi connectivity index (χ0v) is 12.0. The summed E-state index contributed by atoms with van der Waals surface area (Å²) in [5.74, 6) is 2.11. The van der Waals surface area contributed by atoms with Gasteiger partial charge in [0, 0.05) is 5.92 Å². The van der Waals surface area contributed by atoms with Crippen LogP contribution < -0.4 is 0 Å². The van der Waals surface area contributed by atoms with Crippen LogP contribution in [0.4, 0.5) is 8.78 Å². The highest BCUT2D eigenvalue weighted by Crippen LogP contribution is 2.44. The molecule has 2 aliphatic rings. The van der Waals surface area contributed by atoms with E-state index in [2.05, 4.69) is 13.8 Å². The molecule has 0 spiro atoms. The van der Waals surface area contributed by atoms with Crippen molar-refractivity contribution in [2.45, 2.75) is 71.6 Å². The van der Waals surface area contributed by atoms with Crippen molar-refractivity contribution in [2.75, 3.05) is 0 Å². The van der Waals surface area contributed by atoms with Gasteiger partial charge in [-0.2, -0.15) is 0 Å². The fourth-order valence-electron chi connectivity index (χ4n) is 4.00. The Morgan fingerprint density at radius 2 is 1.33 bits per heavy atom. The summed E-state index contributed by atoms with van der Waals surface area (Å²) >= 11 is 0. The molecule has 0 bridgehead atoms. The van der Waals surface area contributed by atoms with Crippen molar-refractivity contribution in [2.24, 2.45) is 29.6 Å². The van der Waals surface area contributed by atoms with Crippen molar-refractivity contribution >= 4 is 0 Å². The normalized spacial score (nSPS) is 46.3. The minimum Gasteiger partial charge on any atom is -0.247 e. The molecule has 2 saturated carbocycles. The first-order chi connectivity index (χ1) is 8.49. The summed E-state index contributed by atoms with van der Waals surface area (Å²) in [5, 5.41) is 0. The molecule has 2 aliphatic carbocycles. The molecule has 0 amide bonds. The van der Waals surface area contributed by atoms with Crippen LogP contribution in [-0.2, 0) is 0 Å². The first kappa shape index (κ1) is 14.3. The molecule has 106 valence electrons. The molecule has 0 aliphatic heterocycles. The summed E-state index contributed by atoms with van der Waals surface area (Å²) in [6.45, 7) is 6.31. The van der Waals surface area contributed by atoms with E-state index < -0.39 is 12.3 Å². The Morgan fingerprint density at radius 1 is 0.833 bits per heavy atom. The summed E-state index contributed by atoms with van der Waals surface area (Å²) in [6, 6.07) is 0. The predicted molar refractivity (Wildman–Crippen MR) is 72.0 cm³/mol. The summed E-state index contributed by atoms with van der Waals surface area (Å²) in [6.07, 6.45) is 4.31. The van der Waals surface area contributed by atoms with Crippen LogP contribution in [0.15, 0.2) is 0 Å². The maximum Gasteiger partial charge on any atom is 0.106 e. The Labute approximate surface area is 111 Å². The molecule has 2 heteroatoms. The van der Waals surface area contributed by atoms with Gasteiger partial charge in [0.15, 0.2) is 0 Å². The SMILES string of the molecule is CC(C)C1CCC(C2CC(F)C(C)C(F)C2)CC1. The minimum atomic E-state index is -0.915. The van der Waals surface area contributed by atoms with Crippen LogP contribution in [0.25, 0.3) is 0 Å². The van der Waals surface area contributed by atoms with Gasteiger partial charge in [-0.3, -0.25) is 0 Å². The topological polar surface area (TPSA) is 0 Å². The average Bonchev–Trinajstić information content (AvgIpc) is 2.35. The highest BCUT2D eigenvalue weighted by molar-refractivity contribution is 4.89. The van der Waals surface area contributed by atoms with Crippen molar-refractivity contribution in [1.82, 2.24) is 0 Å². The minimum absolute atomic E-state index is 0.305. The molecule has 2 fully saturated rings. The Bertz CT molecular complexity index is 244. The maximum atomic E-state index is 13.8. The predicted octanol–water partition coefficient (Wildman–Crippen LogP) is 5.17. The molecule has 18 heavy (non-hydrogen) atoms. The van der Waals surface area contributed by atoms with Crippen molar-refractivity contribution in [3.63, 3.8) is 0 Å². The average molecular weight is 258 g/mol. The van der Waals surface area contributed by atoms with Gasteiger partial charge in [-0.05, 0) is 62.2 Å². The van der Waals surface area contributed by atoms with E-state index in [1.165, 1.54) is 25.7 Å². The Kier molecular flexibility index (Phi) is 4.66. The van der Waals surface area contributed by atoms with Crippen molar-refractivity contribution < 1.29 is 8.78 Å². The lowest BCUT2D eigenvalue weighted by atomic mass is 9.67. The summed E-state index contributed by atoms with van der Waals surface area (Å²) in [7, 11) is 0. The number of hydrogen-bond acceptors (Lipinski definition) is 0. The van der Waals surface area contributed by atoms with Gasteiger partial charge < -0.3 is 0 Å².